The number of halogens is 2. The highest BCUT2D eigenvalue weighted by molar-refractivity contribution is 6.34. The number of phenolic OH excluding ortho intramolecular Hbond substituents is 1. The van der Waals surface area contributed by atoms with Crippen LogP contribution in [0.1, 0.15) is 0 Å². The molecule has 0 fully saturated rings. The van der Waals surface area contributed by atoms with Gasteiger partial charge in [0.25, 0.3) is 0 Å². The van der Waals surface area contributed by atoms with Crippen LogP contribution < -0.4 is 0 Å². The van der Waals surface area contributed by atoms with Crippen LogP contribution in [0, 0.1) is 0 Å². The van der Waals surface area contributed by atoms with Gasteiger partial charge in [-0.2, -0.15) is 0 Å². The number of hydrogen-bond donors (Lipinski definition) is 1. The van der Waals surface area contributed by atoms with E-state index >= 15 is 0 Å². The van der Waals surface area contributed by atoms with Crippen LogP contribution in [0.3, 0.4) is 0 Å². The van der Waals surface area contributed by atoms with Crippen molar-refractivity contribution < 1.29 is 10.6 Å². The second-order valence-corrected chi connectivity index (χ2v) is 2.44. The van der Waals surface area contributed by atoms with E-state index in [1.165, 1.54) is 6.07 Å². The lowest BCUT2D eigenvalue weighted by atomic mass is 10.3. The summed E-state index contributed by atoms with van der Waals surface area (Å²) >= 11 is 11.0. The molecule has 0 bridgehead atoms. The van der Waals surface area contributed by atoms with Crippen molar-refractivity contribution in [3.8, 4) is 5.75 Å². The molecule has 0 unspecified atom stereocenters. The maximum absolute atomic E-state index is 8.88. The van der Waals surface area contributed by atoms with E-state index in [0.717, 1.165) is 0 Å². The highest BCUT2D eigenvalue weighted by Crippen LogP contribution is 2.25. The molecule has 4 heteroatoms. The minimum atomic E-state index is 0. The van der Waals surface area contributed by atoms with Gasteiger partial charge in [0.1, 0.15) is 5.75 Å². The Kier molecular flexibility index (Phi) is 3.50. The maximum atomic E-state index is 8.88. The zero-order valence-corrected chi connectivity index (χ0v) is 6.45. The van der Waals surface area contributed by atoms with Crippen LogP contribution in [0.2, 0.25) is 10.0 Å². The standard InChI is InChI=1S/C6H4Cl2O.H2O/c7-4-1-2-5(8)6(9)3-4;/h1-3,9H;1H2. The number of rotatable bonds is 0. The molecule has 0 saturated heterocycles. The molecule has 0 aromatic heterocycles. The van der Waals surface area contributed by atoms with E-state index < -0.39 is 0 Å². The molecule has 0 spiro atoms. The fourth-order valence-corrected chi connectivity index (χ4v) is 0.770. The van der Waals surface area contributed by atoms with E-state index in [0.29, 0.717) is 10.0 Å². The topological polar surface area (TPSA) is 51.7 Å². The van der Waals surface area contributed by atoms with E-state index in [2.05, 4.69) is 0 Å². The SMILES string of the molecule is O.Oc1cc(Cl)ccc1Cl. The Morgan fingerprint density at radius 2 is 1.80 bits per heavy atom. The van der Waals surface area contributed by atoms with Crippen LogP contribution in [0.4, 0.5) is 0 Å². The summed E-state index contributed by atoms with van der Waals surface area (Å²) < 4.78 is 0. The summed E-state index contributed by atoms with van der Waals surface area (Å²) in [5.41, 5.74) is 0. The Balaban J connectivity index is 0.000000810. The lowest BCUT2D eigenvalue weighted by Crippen LogP contribution is -1.66. The molecule has 56 valence electrons. The number of phenols is 1. The van der Waals surface area contributed by atoms with Crippen molar-refractivity contribution in [1.82, 2.24) is 0 Å². The second kappa shape index (κ2) is 3.66. The molecule has 0 radical (unpaired) electrons. The first-order valence-electron chi connectivity index (χ1n) is 2.34. The Morgan fingerprint density at radius 3 is 2.20 bits per heavy atom. The van der Waals surface area contributed by atoms with Gasteiger partial charge in [0, 0.05) is 11.1 Å². The minimum Gasteiger partial charge on any atom is -0.506 e. The van der Waals surface area contributed by atoms with E-state index in [-0.39, 0.29) is 11.2 Å². The molecule has 0 amide bonds. The van der Waals surface area contributed by atoms with Gasteiger partial charge in [0.05, 0.1) is 5.02 Å². The lowest BCUT2D eigenvalue weighted by Gasteiger charge is -1.93. The van der Waals surface area contributed by atoms with Crippen molar-refractivity contribution in [2.75, 3.05) is 0 Å². The Hall–Kier alpha value is -0.440. The highest BCUT2D eigenvalue weighted by Gasteiger charge is 1.95. The number of benzene rings is 1. The molecule has 0 saturated carbocycles. The van der Waals surface area contributed by atoms with Crippen molar-refractivity contribution in [2.24, 2.45) is 0 Å². The first-order valence-corrected chi connectivity index (χ1v) is 3.10. The molecule has 1 aromatic rings. The van der Waals surface area contributed by atoms with Crippen LogP contribution in [0.5, 0.6) is 5.75 Å². The summed E-state index contributed by atoms with van der Waals surface area (Å²) in [5.74, 6) is 0.0177. The molecule has 2 nitrogen and oxygen atoms in total. The molecule has 10 heavy (non-hydrogen) atoms. The van der Waals surface area contributed by atoms with Crippen molar-refractivity contribution in [2.45, 2.75) is 0 Å². The lowest BCUT2D eigenvalue weighted by molar-refractivity contribution is 0.475. The minimum absolute atomic E-state index is 0. The molecular formula is C6H6Cl2O2. The van der Waals surface area contributed by atoms with Crippen LogP contribution >= 0.6 is 23.2 Å². The average molecular weight is 181 g/mol. The molecule has 3 N–H and O–H groups in total. The average Bonchev–Trinajstić information content (AvgIpc) is 1.80. The van der Waals surface area contributed by atoms with Crippen molar-refractivity contribution in [3.05, 3.63) is 28.2 Å². The summed E-state index contributed by atoms with van der Waals surface area (Å²) in [6, 6.07) is 4.55. The smallest absolute Gasteiger partial charge is 0.135 e. The molecule has 0 aliphatic rings. The summed E-state index contributed by atoms with van der Waals surface area (Å²) in [4.78, 5) is 0. The third-order valence-electron chi connectivity index (χ3n) is 0.908. The Bertz CT molecular complexity index is 225. The van der Waals surface area contributed by atoms with Gasteiger partial charge < -0.3 is 10.6 Å². The van der Waals surface area contributed by atoms with Gasteiger partial charge in [-0.15, -0.1) is 0 Å². The Labute approximate surface area is 68.3 Å². The van der Waals surface area contributed by atoms with Crippen molar-refractivity contribution >= 4 is 23.2 Å². The largest absolute Gasteiger partial charge is 0.506 e. The monoisotopic (exact) mass is 180 g/mol. The van der Waals surface area contributed by atoms with Gasteiger partial charge in [-0.05, 0) is 12.1 Å². The predicted molar refractivity (Wildman–Crippen MR) is 41.7 cm³/mol. The molecule has 0 atom stereocenters. The van der Waals surface area contributed by atoms with Gasteiger partial charge >= 0.3 is 0 Å². The van der Waals surface area contributed by atoms with Crippen molar-refractivity contribution in [1.29, 1.82) is 0 Å². The van der Waals surface area contributed by atoms with Crippen molar-refractivity contribution in [3.63, 3.8) is 0 Å². The first kappa shape index (κ1) is 9.56. The van der Waals surface area contributed by atoms with Gasteiger partial charge in [-0.25, -0.2) is 0 Å². The molecule has 0 aliphatic heterocycles. The van der Waals surface area contributed by atoms with E-state index in [4.69, 9.17) is 28.3 Å². The summed E-state index contributed by atoms with van der Waals surface area (Å²) in [6.07, 6.45) is 0. The molecule has 1 aromatic carbocycles. The van der Waals surface area contributed by atoms with E-state index in [9.17, 15) is 0 Å². The molecule has 0 aliphatic carbocycles. The summed E-state index contributed by atoms with van der Waals surface area (Å²) in [6.45, 7) is 0. The van der Waals surface area contributed by atoms with Crippen LogP contribution in [0.15, 0.2) is 18.2 Å². The Morgan fingerprint density at radius 1 is 1.20 bits per heavy atom. The van der Waals surface area contributed by atoms with E-state index in [1.807, 2.05) is 0 Å². The third kappa shape index (κ3) is 2.06. The normalized spacial score (nSPS) is 8.60. The maximum Gasteiger partial charge on any atom is 0.135 e. The van der Waals surface area contributed by atoms with E-state index in [1.54, 1.807) is 12.1 Å². The predicted octanol–water partition coefficient (Wildman–Crippen LogP) is 1.87. The van der Waals surface area contributed by atoms with Gasteiger partial charge in [-0.3, -0.25) is 0 Å². The van der Waals surface area contributed by atoms with Gasteiger partial charge in [-0.1, -0.05) is 23.2 Å². The van der Waals surface area contributed by atoms with Crippen LogP contribution in [0.25, 0.3) is 0 Å². The van der Waals surface area contributed by atoms with Gasteiger partial charge in [0.15, 0.2) is 0 Å². The molecular weight excluding hydrogens is 175 g/mol. The van der Waals surface area contributed by atoms with Crippen LogP contribution in [-0.2, 0) is 0 Å². The third-order valence-corrected chi connectivity index (χ3v) is 1.46. The molecule has 1 rings (SSSR count). The number of aromatic hydroxyl groups is 1. The second-order valence-electron chi connectivity index (χ2n) is 1.60. The quantitative estimate of drug-likeness (QED) is 0.652. The number of hydrogen-bond acceptors (Lipinski definition) is 1. The zero-order chi connectivity index (χ0) is 6.85. The highest BCUT2D eigenvalue weighted by atomic mass is 35.5. The summed E-state index contributed by atoms with van der Waals surface area (Å²) in [7, 11) is 0. The van der Waals surface area contributed by atoms with Crippen LogP contribution in [-0.4, -0.2) is 10.6 Å². The molecule has 0 heterocycles. The first-order chi connectivity index (χ1) is 4.20. The zero-order valence-electron chi connectivity index (χ0n) is 4.94. The van der Waals surface area contributed by atoms with Gasteiger partial charge in [0.2, 0.25) is 0 Å². The fraction of sp³-hybridized carbons (Fsp3) is 0. The summed E-state index contributed by atoms with van der Waals surface area (Å²) in [5, 5.41) is 9.69. The fourth-order valence-electron chi connectivity index (χ4n) is 0.486.